The lowest BCUT2D eigenvalue weighted by atomic mass is 10.1. The summed E-state index contributed by atoms with van der Waals surface area (Å²) in [5, 5.41) is 3.20. The molecule has 0 unspecified atom stereocenters. The van der Waals surface area contributed by atoms with Crippen molar-refractivity contribution >= 4 is 25.8 Å². The van der Waals surface area contributed by atoms with E-state index in [0.29, 0.717) is 13.1 Å². The molecule has 0 aliphatic rings. The first-order chi connectivity index (χ1) is 8.13. The summed E-state index contributed by atoms with van der Waals surface area (Å²) in [6, 6.07) is 6.12. The van der Waals surface area contributed by atoms with Crippen LogP contribution in [0.4, 0.5) is 0 Å². The monoisotopic (exact) mass is 333 g/mol. The van der Waals surface area contributed by atoms with Crippen LogP contribution in [0.5, 0.6) is 0 Å². The van der Waals surface area contributed by atoms with Crippen molar-refractivity contribution in [1.82, 2.24) is 5.32 Å². The van der Waals surface area contributed by atoms with E-state index in [1.54, 1.807) is 13.8 Å². The lowest BCUT2D eigenvalue weighted by Crippen LogP contribution is -2.41. The normalized spacial score (nSPS) is 12.7. The van der Waals surface area contributed by atoms with Crippen LogP contribution in [0, 0.1) is 6.92 Å². The number of hydrogen-bond acceptors (Lipinski definition) is 3. The van der Waals surface area contributed by atoms with E-state index >= 15 is 0 Å². The van der Waals surface area contributed by atoms with Crippen LogP contribution in [0.15, 0.2) is 22.7 Å². The maximum Gasteiger partial charge on any atom is 0.153 e. The standard InChI is InChI=1S/C13H20BrNO2S/c1-10-7-11(5-6-12(10)14)8-15-9-13(2,3)18(4,16)17/h5-7,15H,8-9H2,1-4H3. The number of halogens is 1. The van der Waals surface area contributed by atoms with E-state index in [1.165, 1.54) is 11.8 Å². The van der Waals surface area contributed by atoms with Crippen molar-refractivity contribution < 1.29 is 8.42 Å². The molecule has 1 aromatic carbocycles. The smallest absolute Gasteiger partial charge is 0.153 e. The molecule has 0 fully saturated rings. The molecule has 0 atom stereocenters. The molecule has 0 aliphatic carbocycles. The Kier molecular flexibility index (Phi) is 4.98. The fraction of sp³-hybridized carbons (Fsp3) is 0.538. The van der Waals surface area contributed by atoms with E-state index in [0.717, 1.165) is 10.0 Å². The molecule has 0 heterocycles. The Balaban J connectivity index is 2.60. The van der Waals surface area contributed by atoms with Crippen molar-refractivity contribution in [2.24, 2.45) is 0 Å². The third kappa shape index (κ3) is 4.07. The zero-order valence-corrected chi connectivity index (χ0v) is 13.7. The van der Waals surface area contributed by atoms with Crippen molar-refractivity contribution in [2.75, 3.05) is 12.8 Å². The topological polar surface area (TPSA) is 46.2 Å². The third-order valence-electron chi connectivity index (χ3n) is 3.11. The van der Waals surface area contributed by atoms with Crippen molar-refractivity contribution in [1.29, 1.82) is 0 Å². The molecule has 102 valence electrons. The third-order valence-corrected chi connectivity index (χ3v) is 6.15. The number of sulfone groups is 1. The van der Waals surface area contributed by atoms with Gasteiger partial charge in [-0.15, -0.1) is 0 Å². The zero-order chi connectivity index (χ0) is 14.0. The molecule has 5 heteroatoms. The highest BCUT2D eigenvalue weighted by atomic mass is 79.9. The van der Waals surface area contributed by atoms with Crippen LogP contribution < -0.4 is 5.32 Å². The Morgan fingerprint density at radius 3 is 2.44 bits per heavy atom. The average Bonchev–Trinajstić information content (AvgIpc) is 2.21. The highest BCUT2D eigenvalue weighted by Crippen LogP contribution is 2.17. The number of aryl methyl sites for hydroxylation is 1. The Morgan fingerprint density at radius 1 is 1.33 bits per heavy atom. The van der Waals surface area contributed by atoms with Gasteiger partial charge in [-0.1, -0.05) is 28.1 Å². The summed E-state index contributed by atoms with van der Waals surface area (Å²) in [7, 11) is -3.04. The summed E-state index contributed by atoms with van der Waals surface area (Å²) in [4.78, 5) is 0. The first-order valence-corrected chi connectivity index (χ1v) is 8.47. The van der Waals surface area contributed by atoms with Gasteiger partial charge in [-0.25, -0.2) is 8.42 Å². The predicted molar refractivity (Wildman–Crippen MR) is 79.5 cm³/mol. The molecule has 1 rings (SSSR count). The molecular formula is C13H20BrNO2S. The van der Waals surface area contributed by atoms with Gasteiger partial charge in [-0.05, 0) is 38.0 Å². The van der Waals surface area contributed by atoms with Crippen LogP contribution in [-0.4, -0.2) is 26.0 Å². The van der Waals surface area contributed by atoms with Crippen LogP contribution in [0.25, 0.3) is 0 Å². The van der Waals surface area contributed by atoms with Gasteiger partial charge in [0.25, 0.3) is 0 Å². The van der Waals surface area contributed by atoms with Gasteiger partial charge in [-0.3, -0.25) is 0 Å². The van der Waals surface area contributed by atoms with Crippen molar-refractivity contribution in [3.63, 3.8) is 0 Å². The molecule has 1 aromatic rings. The summed E-state index contributed by atoms with van der Waals surface area (Å²) in [6.07, 6.45) is 1.28. The van der Waals surface area contributed by atoms with Crippen LogP contribution in [0.1, 0.15) is 25.0 Å². The van der Waals surface area contributed by atoms with Gasteiger partial charge in [-0.2, -0.15) is 0 Å². The maximum atomic E-state index is 11.5. The summed E-state index contributed by atoms with van der Waals surface area (Å²) in [5.41, 5.74) is 2.33. The van der Waals surface area contributed by atoms with Crippen molar-refractivity contribution in [3.05, 3.63) is 33.8 Å². The number of nitrogens with one attached hydrogen (secondary N) is 1. The van der Waals surface area contributed by atoms with Gasteiger partial charge in [0.15, 0.2) is 9.84 Å². The van der Waals surface area contributed by atoms with Gasteiger partial charge in [0.2, 0.25) is 0 Å². The SMILES string of the molecule is Cc1cc(CNCC(C)(C)S(C)(=O)=O)ccc1Br. The lowest BCUT2D eigenvalue weighted by molar-refractivity contribution is 0.521. The predicted octanol–water partition coefficient (Wildman–Crippen LogP) is 2.67. The minimum Gasteiger partial charge on any atom is -0.311 e. The highest BCUT2D eigenvalue weighted by Gasteiger charge is 2.29. The van der Waals surface area contributed by atoms with Crippen LogP contribution in [0.3, 0.4) is 0 Å². The first-order valence-electron chi connectivity index (χ1n) is 5.79. The van der Waals surface area contributed by atoms with Crippen LogP contribution in [-0.2, 0) is 16.4 Å². The minimum atomic E-state index is -3.04. The number of benzene rings is 1. The fourth-order valence-electron chi connectivity index (χ4n) is 1.46. The molecule has 0 saturated carbocycles. The second-order valence-corrected chi connectivity index (χ2v) is 8.72. The molecule has 0 saturated heterocycles. The summed E-state index contributed by atoms with van der Waals surface area (Å²) in [5.74, 6) is 0. The van der Waals surface area contributed by atoms with Crippen molar-refractivity contribution in [2.45, 2.75) is 32.1 Å². The lowest BCUT2D eigenvalue weighted by Gasteiger charge is -2.22. The van der Waals surface area contributed by atoms with E-state index < -0.39 is 14.6 Å². The molecule has 0 aliphatic heterocycles. The summed E-state index contributed by atoms with van der Waals surface area (Å²) in [6.45, 7) is 6.63. The highest BCUT2D eigenvalue weighted by molar-refractivity contribution is 9.10. The van der Waals surface area contributed by atoms with E-state index in [9.17, 15) is 8.42 Å². The number of rotatable bonds is 5. The van der Waals surface area contributed by atoms with E-state index in [2.05, 4.69) is 27.3 Å². The Labute approximate surface area is 118 Å². The van der Waals surface area contributed by atoms with E-state index in [-0.39, 0.29) is 0 Å². The first kappa shape index (κ1) is 15.7. The van der Waals surface area contributed by atoms with Crippen molar-refractivity contribution in [3.8, 4) is 0 Å². The van der Waals surface area contributed by atoms with E-state index in [1.807, 2.05) is 19.1 Å². The Morgan fingerprint density at radius 2 is 1.94 bits per heavy atom. The Hall–Kier alpha value is -0.390. The molecule has 0 radical (unpaired) electrons. The maximum absolute atomic E-state index is 11.5. The van der Waals surface area contributed by atoms with Gasteiger partial charge in [0.1, 0.15) is 0 Å². The molecule has 0 bridgehead atoms. The number of hydrogen-bond donors (Lipinski definition) is 1. The van der Waals surface area contributed by atoms with Crippen LogP contribution in [0.2, 0.25) is 0 Å². The molecule has 18 heavy (non-hydrogen) atoms. The minimum absolute atomic E-state index is 0.445. The molecule has 0 spiro atoms. The molecule has 0 aromatic heterocycles. The van der Waals surface area contributed by atoms with Gasteiger partial charge in [0.05, 0.1) is 4.75 Å². The van der Waals surface area contributed by atoms with Gasteiger partial charge in [0, 0.05) is 23.8 Å². The largest absolute Gasteiger partial charge is 0.311 e. The fourth-order valence-corrected chi connectivity index (χ4v) is 2.07. The Bertz CT molecular complexity index is 524. The second kappa shape index (κ2) is 5.72. The van der Waals surface area contributed by atoms with E-state index in [4.69, 9.17) is 0 Å². The molecule has 3 nitrogen and oxygen atoms in total. The van der Waals surface area contributed by atoms with Gasteiger partial charge < -0.3 is 5.32 Å². The molecular weight excluding hydrogens is 314 g/mol. The quantitative estimate of drug-likeness (QED) is 0.901. The second-order valence-electron chi connectivity index (χ2n) is 5.22. The molecule has 0 amide bonds. The summed E-state index contributed by atoms with van der Waals surface area (Å²) >= 11 is 3.46. The zero-order valence-electron chi connectivity index (χ0n) is 11.2. The average molecular weight is 334 g/mol. The van der Waals surface area contributed by atoms with Gasteiger partial charge >= 0.3 is 0 Å². The molecule has 1 N–H and O–H groups in total. The summed E-state index contributed by atoms with van der Waals surface area (Å²) < 4.78 is 23.4. The van der Waals surface area contributed by atoms with Crippen LogP contribution >= 0.6 is 15.9 Å².